The van der Waals surface area contributed by atoms with Crippen molar-refractivity contribution in [1.29, 1.82) is 0 Å². The number of carbonyl (C=O) groups excluding carboxylic acids is 1. The van der Waals surface area contributed by atoms with Crippen molar-refractivity contribution >= 4 is 23.6 Å². The van der Waals surface area contributed by atoms with Gasteiger partial charge in [0, 0.05) is 19.3 Å². The van der Waals surface area contributed by atoms with Crippen LogP contribution in [0, 0.1) is 6.92 Å². The van der Waals surface area contributed by atoms with Gasteiger partial charge in [0.05, 0.1) is 12.2 Å². The minimum absolute atomic E-state index is 0.00906. The largest absolute Gasteiger partial charge is 0.481 e. The van der Waals surface area contributed by atoms with Crippen LogP contribution in [0.25, 0.3) is 0 Å². The van der Waals surface area contributed by atoms with Crippen LogP contribution in [-0.4, -0.2) is 41.2 Å². The van der Waals surface area contributed by atoms with E-state index in [-0.39, 0.29) is 18.9 Å². The lowest BCUT2D eigenvalue weighted by Gasteiger charge is -2.15. The van der Waals surface area contributed by atoms with Gasteiger partial charge in [-0.1, -0.05) is 29.8 Å². The Morgan fingerprint density at radius 1 is 1.26 bits per heavy atom. The maximum Gasteiger partial charge on any atom is 0.305 e. The van der Waals surface area contributed by atoms with Crippen LogP contribution in [0.5, 0.6) is 0 Å². The predicted molar refractivity (Wildman–Crippen MR) is 77.2 cm³/mol. The minimum atomic E-state index is -0.882. The Labute approximate surface area is 117 Å². The third-order valence-electron chi connectivity index (χ3n) is 2.70. The molecule has 1 aromatic carbocycles. The Kier molecular flexibility index (Phi) is 6.42. The topological polar surface area (TPSA) is 57.6 Å². The lowest BCUT2D eigenvalue weighted by Crippen LogP contribution is -2.30. The first-order valence-electron chi connectivity index (χ1n) is 6.08. The molecule has 1 rings (SSSR count). The van der Waals surface area contributed by atoms with Gasteiger partial charge in [0.15, 0.2) is 0 Å². The fourth-order valence-electron chi connectivity index (χ4n) is 1.44. The first kappa shape index (κ1) is 15.6. The smallest absolute Gasteiger partial charge is 0.305 e. The van der Waals surface area contributed by atoms with E-state index >= 15 is 0 Å². The van der Waals surface area contributed by atoms with E-state index in [0.717, 1.165) is 5.75 Å². The average Bonchev–Trinajstić information content (AvgIpc) is 2.38. The van der Waals surface area contributed by atoms with Crippen molar-refractivity contribution in [3.8, 4) is 0 Å². The maximum absolute atomic E-state index is 11.7. The first-order chi connectivity index (χ1) is 8.99. The number of aliphatic carboxylic acids is 1. The fraction of sp³-hybridized carbons (Fsp3) is 0.429. The van der Waals surface area contributed by atoms with Crippen molar-refractivity contribution in [2.45, 2.75) is 19.1 Å². The molecule has 0 aliphatic carbocycles. The summed E-state index contributed by atoms with van der Waals surface area (Å²) in [6.45, 7) is 2.30. The second-order valence-corrected chi connectivity index (χ2v) is 5.42. The molecule has 104 valence electrons. The second kappa shape index (κ2) is 7.84. The maximum atomic E-state index is 11.7. The van der Waals surface area contributed by atoms with Crippen molar-refractivity contribution in [1.82, 2.24) is 4.90 Å². The highest BCUT2D eigenvalue weighted by molar-refractivity contribution is 7.99. The molecule has 5 heteroatoms. The van der Waals surface area contributed by atoms with Gasteiger partial charge in [-0.2, -0.15) is 0 Å². The van der Waals surface area contributed by atoms with Crippen LogP contribution in [-0.2, 0) is 15.3 Å². The summed E-state index contributed by atoms with van der Waals surface area (Å²) >= 11 is 1.54. The fourth-order valence-corrected chi connectivity index (χ4v) is 2.36. The molecule has 0 saturated carbocycles. The van der Waals surface area contributed by atoms with E-state index in [9.17, 15) is 9.59 Å². The molecule has 1 N–H and O–H groups in total. The van der Waals surface area contributed by atoms with E-state index in [0.29, 0.717) is 5.75 Å². The van der Waals surface area contributed by atoms with Crippen LogP contribution in [0.3, 0.4) is 0 Å². The molecule has 0 unspecified atom stereocenters. The molecule has 0 fully saturated rings. The minimum Gasteiger partial charge on any atom is -0.481 e. The zero-order valence-corrected chi connectivity index (χ0v) is 12.1. The SMILES string of the molecule is Cc1ccc(CSCC(=O)N(C)CCC(=O)O)cc1. The average molecular weight is 281 g/mol. The summed E-state index contributed by atoms with van der Waals surface area (Å²) in [6.07, 6.45) is -0.00906. The zero-order valence-electron chi connectivity index (χ0n) is 11.3. The number of aryl methyl sites for hydroxylation is 1. The van der Waals surface area contributed by atoms with Gasteiger partial charge < -0.3 is 10.0 Å². The number of carboxylic acids is 1. The number of amides is 1. The molecule has 0 spiro atoms. The summed E-state index contributed by atoms with van der Waals surface area (Å²) in [6, 6.07) is 8.22. The highest BCUT2D eigenvalue weighted by Gasteiger charge is 2.10. The summed E-state index contributed by atoms with van der Waals surface area (Å²) in [7, 11) is 1.64. The number of hydrogen-bond acceptors (Lipinski definition) is 3. The standard InChI is InChI=1S/C14H19NO3S/c1-11-3-5-12(6-4-11)9-19-10-13(16)15(2)8-7-14(17)18/h3-6H,7-10H2,1-2H3,(H,17,18). The molecule has 0 heterocycles. The molecule has 19 heavy (non-hydrogen) atoms. The van der Waals surface area contributed by atoms with Gasteiger partial charge in [-0.05, 0) is 12.5 Å². The Morgan fingerprint density at radius 2 is 1.89 bits per heavy atom. The third kappa shape index (κ3) is 6.29. The van der Waals surface area contributed by atoms with Crippen molar-refractivity contribution in [3.63, 3.8) is 0 Å². The van der Waals surface area contributed by atoms with Gasteiger partial charge in [0.1, 0.15) is 0 Å². The molecule has 1 aromatic rings. The zero-order chi connectivity index (χ0) is 14.3. The number of rotatable bonds is 7. The van der Waals surface area contributed by atoms with E-state index in [1.54, 1.807) is 18.8 Å². The molecular formula is C14H19NO3S. The molecule has 0 aliphatic heterocycles. The van der Waals surface area contributed by atoms with Crippen LogP contribution in [0.1, 0.15) is 17.5 Å². The van der Waals surface area contributed by atoms with Gasteiger partial charge in [0.25, 0.3) is 0 Å². The van der Waals surface area contributed by atoms with Gasteiger partial charge >= 0.3 is 5.97 Å². The summed E-state index contributed by atoms with van der Waals surface area (Å²) in [4.78, 5) is 23.6. The third-order valence-corrected chi connectivity index (χ3v) is 3.69. The molecule has 4 nitrogen and oxygen atoms in total. The molecule has 1 amide bonds. The number of benzene rings is 1. The molecule has 0 aliphatic rings. The van der Waals surface area contributed by atoms with Crippen molar-refractivity contribution in [2.75, 3.05) is 19.3 Å². The van der Waals surface area contributed by atoms with E-state index in [1.807, 2.05) is 6.92 Å². The van der Waals surface area contributed by atoms with Crippen molar-refractivity contribution in [2.24, 2.45) is 0 Å². The summed E-state index contributed by atoms with van der Waals surface area (Å²) in [5.41, 5.74) is 2.41. The molecule has 0 aromatic heterocycles. The van der Waals surface area contributed by atoms with Gasteiger partial charge in [-0.15, -0.1) is 11.8 Å². The van der Waals surface area contributed by atoms with E-state index in [1.165, 1.54) is 16.0 Å². The van der Waals surface area contributed by atoms with E-state index < -0.39 is 5.97 Å². The van der Waals surface area contributed by atoms with Gasteiger partial charge in [0.2, 0.25) is 5.91 Å². The summed E-state index contributed by atoms with van der Waals surface area (Å²) < 4.78 is 0. The lowest BCUT2D eigenvalue weighted by atomic mass is 10.2. The normalized spacial score (nSPS) is 10.2. The van der Waals surface area contributed by atoms with E-state index in [2.05, 4.69) is 24.3 Å². The number of carboxylic acid groups (broad SMARTS) is 1. The summed E-state index contributed by atoms with van der Waals surface area (Å²) in [5.74, 6) is 0.258. The number of nitrogens with zero attached hydrogens (tertiary/aromatic N) is 1. The molecule has 0 saturated heterocycles. The van der Waals surface area contributed by atoms with Crippen molar-refractivity contribution in [3.05, 3.63) is 35.4 Å². The Morgan fingerprint density at radius 3 is 2.47 bits per heavy atom. The van der Waals surface area contributed by atoms with Crippen LogP contribution in [0.15, 0.2) is 24.3 Å². The first-order valence-corrected chi connectivity index (χ1v) is 7.23. The quantitative estimate of drug-likeness (QED) is 0.832. The second-order valence-electron chi connectivity index (χ2n) is 4.44. The Balaban J connectivity index is 2.26. The molecule has 0 radical (unpaired) electrons. The Hall–Kier alpha value is -1.49. The van der Waals surface area contributed by atoms with Crippen molar-refractivity contribution < 1.29 is 14.7 Å². The van der Waals surface area contributed by atoms with Crippen LogP contribution in [0.2, 0.25) is 0 Å². The number of carbonyl (C=O) groups is 2. The molecule has 0 atom stereocenters. The lowest BCUT2D eigenvalue weighted by molar-refractivity contribution is -0.137. The summed E-state index contributed by atoms with van der Waals surface area (Å²) in [5, 5.41) is 8.55. The number of thioether (sulfide) groups is 1. The van der Waals surface area contributed by atoms with Gasteiger partial charge in [-0.3, -0.25) is 9.59 Å². The van der Waals surface area contributed by atoms with Crippen LogP contribution < -0.4 is 0 Å². The highest BCUT2D eigenvalue weighted by Crippen LogP contribution is 2.13. The van der Waals surface area contributed by atoms with Crippen LogP contribution >= 0.6 is 11.8 Å². The number of hydrogen-bond donors (Lipinski definition) is 1. The molecule has 0 bridgehead atoms. The monoisotopic (exact) mass is 281 g/mol. The Bertz CT molecular complexity index is 431. The highest BCUT2D eigenvalue weighted by atomic mass is 32.2. The van der Waals surface area contributed by atoms with Crippen LogP contribution in [0.4, 0.5) is 0 Å². The predicted octanol–water partition coefficient (Wildman–Crippen LogP) is 2.16. The molecular weight excluding hydrogens is 262 g/mol. The van der Waals surface area contributed by atoms with Gasteiger partial charge in [-0.25, -0.2) is 0 Å². The van der Waals surface area contributed by atoms with E-state index in [4.69, 9.17) is 5.11 Å².